The Bertz CT molecular complexity index is 728. The molecule has 1 saturated heterocycles. The molecule has 0 aliphatic carbocycles. The second-order valence-electron chi connectivity index (χ2n) is 5.87. The first kappa shape index (κ1) is 18.1. The number of amides is 1. The minimum absolute atomic E-state index is 0.0274. The average Bonchev–Trinajstić information content (AvgIpc) is 2.63. The molecule has 2 heterocycles. The number of ether oxygens (including phenoxy) is 1. The van der Waals surface area contributed by atoms with Gasteiger partial charge < -0.3 is 10.1 Å². The van der Waals surface area contributed by atoms with Crippen LogP contribution in [0.1, 0.15) is 17.4 Å². The van der Waals surface area contributed by atoms with E-state index in [1.807, 2.05) is 30.3 Å². The molecule has 5 nitrogen and oxygen atoms in total. The highest BCUT2D eigenvalue weighted by molar-refractivity contribution is 6.42. The summed E-state index contributed by atoms with van der Waals surface area (Å²) in [7, 11) is 0. The van der Waals surface area contributed by atoms with Crippen molar-refractivity contribution >= 4 is 29.1 Å². The van der Waals surface area contributed by atoms with Gasteiger partial charge in [-0.2, -0.15) is 0 Å². The molecule has 1 aromatic heterocycles. The third kappa shape index (κ3) is 5.16. The smallest absolute Gasteiger partial charge is 0.234 e. The lowest BCUT2D eigenvalue weighted by Crippen LogP contribution is -2.44. The van der Waals surface area contributed by atoms with Crippen LogP contribution in [0.5, 0.6) is 0 Å². The van der Waals surface area contributed by atoms with E-state index in [0.717, 1.165) is 17.8 Å². The van der Waals surface area contributed by atoms with Gasteiger partial charge >= 0.3 is 0 Å². The first-order valence-corrected chi connectivity index (χ1v) is 8.83. The molecule has 1 aliphatic rings. The van der Waals surface area contributed by atoms with Crippen LogP contribution in [0.3, 0.4) is 0 Å². The number of pyridine rings is 1. The molecule has 0 saturated carbocycles. The van der Waals surface area contributed by atoms with Gasteiger partial charge in [0.05, 0.1) is 41.5 Å². The molecule has 3 rings (SSSR count). The third-order valence-corrected chi connectivity index (χ3v) is 4.77. The van der Waals surface area contributed by atoms with Crippen molar-refractivity contribution in [1.29, 1.82) is 0 Å². The third-order valence-electron chi connectivity index (χ3n) is 4.03. The molecule has 0 bridgehead atoms. The minimum atomic E-state index is -0.118. The maximum absolute atomic E-state index is 12.2. The molecular formula is C18H19Cl2N3O2. The number of benzene rings is 1. The Morgan fingerprint density at radius 2 is 2.16 bits per heavy atom. The number of morpholine rings is 1. The second-order valence-corrected chi connectivity index (χ2v) is 6.68. The van der Waals surface area contributed by atoms with Crippen molar-refractivity contribution in [1.82, 2.24) is 15.2 Å². The molecule has 132 valence electrons. The lowest BCUT2D eigenvalue weighted by molar-refractivity contribution is -0.124. The van der Waals surface area contributed by atoms with Crippen LogP contribution in [0, 0.1) is 0 Å². The number of carbonyl (C=O) groups excluding carboxylic acids is 1. The Morgan fingerprint density at radius 1 is 1.28 bits per heavy atom. The van der Waals surface area contributed by atoms with Crippen molar-refractivity contribution in [3.8, 4) is 0 Å². The highest BCUT2D eigenvalue weighted by atomic mass is 35.5. The Kier molecular flexibility index (Phi) is 6.26. The number of nitrogens with zero attached hydrogens (tertiary/aromatic N) is 2. The number of halogens is 2. The monoisotopic (exact) mass is 379 g/mol. The summed E-state index contributed by atoms with van der Waals surface area (Å²) in [5, 5.41) is 3.92. The predicted octanol–water partition coefficient (Wildman–Crippen LogP) is 3.08. The summed E-state index contributed by atoms with van der Waals surface area (Å²) in [5.74, 6) is -0.0274. The van der Waals surface area contributed by atoms with E-state index in [4.69, 9.17) is 27.9 Å². The number of aromatic nitrogens is 1. The maximum atomic E-state index is 12.2. The van der Waals surface area contributed by atoms with Crippen LogP contribution in [0.4, 0.5) is 0 Å². The van der Waals surface area contributed by atoms with Gasteiger partial charge in [0.2, 0.25) is 5.91 Å². The largest absolute Gasteiger partial charge is 0.371 e. The summed E-state index contributed by atoms with van der Waals surface area (Å²) in [6.07, 6.45) is 1.60. The van der Waals surface area contributed by atoms with Gasteiger partial charge in [-0.05, 0) is 29.8 Å². The Balaban J connectivity index is 1.52. The van der Waals surface area contributed by atoms with E-state index in [2.05, 4.69) is 15.2 Å². The van der Waals surface area contributed by atoms with E-state index in [1.54, 1.807) is 12.3 Å². The van der Waals surface area contributed by atoms with Crippen LogP contribution in [-0.4, -0.2) is 42.0 Å². The van der Waals surface area contributed by atoms with Crippen LogP contribution in [0.2, 0.25) is 10.0 Å². The lowest BCUT2D eigenvalue weighted by Gasteiger charge is -2.32. The van der Waals surface area contributed by atoms with Crippen LogP contribution >= 0.6 is 23.2 Å². The Hall–Kier alpha value is -1.66. The van der Waals surface area contributed by atoms with Gasteiger partial charge in [0.1, 0.15) is 0 Å². The van der Waals surface area contributed by atoms with E-state index in [9.17, 15) is 4.79 Å². The van der Waals surface area contributed by atoms with Gasteiger partial charge in [-0.3, -0.25) is 14.7 Å². The average molecular weight is 380 g/mol. The highest BCUT2D eigenvalue weighted by Gasteiger charge is 2.24. The van der Waals surface area contributed by atoms with E-state index in [-0.39, 0.29) is 12.0 Å². The molecule has 7 heteroatoms. The standard InChI is InChI=1S/C18H19Cl2N3O2/c19-15-5-4-13(9-16(15)20)17-11-23(7-8-25-17)12-18(24)22-10-14-3-1-2-6-21-14/h1-6,9,17H,7-8,10-12H2,(H,22,24)/t17-/m0/s1. The van der Waals surface area contributed by atoms with Gasteiger partial charge in [-0.25, -0.2) is 0 Å². The van der Waals surface area contributed by atoms with Crippen LogP contribution < -0.4 is 5.32 Å². The molecule has 25 heavy (non-hydrogen) atoms. The van der Waals surface area contributed by atoms with Gasteiger partial charge in [-0.15, -0.1) is 0 Å². The fourth-order valence-electron chi connectivity index (χ4n) is 2.71. The quantitative estimate of drug-likeness (QED) is 0.866. The maximum Gasteiger partial charge on any atom is 0.234 e. The Labute approximate surface area is 156 Å². The molecule has 0 radical (unpaired) electrons. The molecule has 1 atom stereocenters. The van der Waals surface area contributed by atoms with Gasteiger partial charge in [0, 0.05) is 19.3 Å². The van der Waals surface area contributed by atoms with Gasteiger partial charge in [0.25, 0.3) is 0 Å². The van der Waals surface area contributed by atoms with E-state index in [1.165, 1.54) is 0 Å². The van der Waals surface area contributed by atoms with E-state index >= 15 is 0 Å². The summed E-state index contributed by atoms with van der Waals surface area (Å²) in [6.45, 7) is 2.68. The molecule has 1 aliphatic heterocycles. The molecule has 1 aromatic carbocycles. The van der Waals surface area contributed by atoms with Crippen LogP contribution in [0.15, 0.2) is 42.6 Å². The summed E-state index contributed by atoms with van der Waals surface area (Å²) < 4.78 is 5.81. The predicted molar refractivity (Wildman–Crippen MR) is 97.7 cm³/mol. The SMILES string of the molecule is O=C(CN1CCO[C@H](c2ccc(Cl)c(Cl)c2)C1)NCc1ccccn1. The summed E-state index contributed by atoms with van der Waals surface area (Å²) in [5.41, 5.74) is 1.81. The molecule has 1 amide bonds. The number of hydrogen-bond acceptors (Lipinski definition) is 4. The zero-order chi connectivity index (χ0) is 17.6. The lowest BCUT2D eigenvalue weighted by atomic mass is 10.1. The van der Waals surface area contributed by atoms with E-state index in [0.29, 0.717) is 36.3 Å². The van der Waals surface area contributed by atoms with E-state index < -0.39 is 0 Å². The minimum Gasteiger partial charge on any atom is -0.371 e. The Morgan fingerprint density at radius 3 is 2.92 bits per heavy atom. The zero-order valence-corrected chi connectivity index (χ0v) is 15.1. The van der Waals surface area contributed by atoms with Crippen molar-refractivity contribution in [3.63, 3.8) is 0 Å². The van der Waals surface area contributed by atoms with Gasteiger partial charge in [0.15, 0.2) is 0 Å². The number of hydrogen-bond donors (Lipinski definition) is 1. The van der Waals surface area contributed by atoms with Gasteiger partial charge in [-0.1, -0.05) is 35.3 Å². The first-order chi connectivity index (χ1) is 12.1. The number of carbonyl (C=O) groups is 1. The molecule has 0 unspecified atom stereocenters. The van der Waals surface area contributed by atoms with Crippen LogP contribution in [-0.2, 0) is 16.1 Å². The molecule has 0 spiro atoms. The van der Waals surface area contributed by atoms with Crippen molar-refractivity contribution in [2.24, 2.45) is 0 Å². The highest BCUT2D eigenvalue weighted by Crippen LogP contribution is 2.28. The fourth-order valence-corrected chi connectivity index (χ4v) is 3.02. The summed E-state index contributed by atoms with van der Waals surface area (Å²) in [4.78, 5) is 18.4. The molecule has 1 fully saturated rings. The zero-order valence-electron chi connectivity index (χ0n) is 13.6. The number of rotatable bonds is 5. The normalized spacial score (nSPS) is 18.1. The summed E-state index contributed by atoms with van der Waals surface area (Å²) >= 11 is 12.0. The molecule has 2 aromatic rings. The molecule has 1 N–H and O–H groups in total. The molecular weight excluding hydrogens is 361 g/mol. The number of nitrogens with one attached hydrogen (secondary N) is 1. The van der Waals surface area contributed by atoms with Crippen molar-refractivity contribution < 1.29 is 9.53 Å². The fraction of sp³-hybridized carbons (Fsp3) is 0.333. The van der Waals surface area contributed by atoms with Crippen molar-refractivity contribution in [2.45, 2.75) is 12.6 Å². The summed E-state index contributed by atoms with van der Waals surface area (Å²) in [6, 6.07) is 11.1. The first-order valence-electron chi connectivity index (χ1n) is 8.07. The topological polar surface area (TPSA) is 54.5 Å². The second kappa shape index (κ2) is 8.63. The van der Waals surface area contributed by atoms with Crippen LogP contribution in [0.25, 0.3) is 0 Å². The van der Waals surface area contributed by atoms with Crippen molar-refractivity contribution in [3.05, 3.63) is 63.9 Å². The van der Waals surface area contributed by atoms with Crippen molar-refractivity contribution in [2.75, 3.05) is 26.2 Å².